The molecule has 2 N–H and O–H groups in total. The number of hydrogen-bond donors (Lipinski definition) is 2. The van der Waals surface area contributed by atoms with Crippen LogP contribution in [0.15, 0.2) is 48.5 Å². The highest BCUT2D eigenvalue weighted by Crippen LogP contribution is 2.18. The van der Waals surface area contributed by atoms with Gasteiger partial charge in [-0.25, -0.2) is 0 Å². The maximum atomic E-state index is 11.9. The Hall–Kier alpha value is -2.66. The Balaban J connectivity index is 0.000000314. The molecule has 0 aliphatic carbocycles. The minimum atomic E-state index is -1.13. The van der Waals surface area contributed by atoms with Gasteiger partial charge in [-0.2, -0.15) is 0 Å². The molecule has 0 saturated heterocycles. The van der Waals surface area contributed by atoms with E-state index < -0.39 is 5.97 Å². The molecule has 1 amide bonds. The number of amides is 1. The predicted molar refractivity (Wildman–Crippen MR) is 102 cm³/mol. The average Bonchev–Trinajstić information content (AvgIpc) is 2.64. The zero-order chi connectivity index (χ0) is 19.5. The van der Waals surface area contributed by atoms with Gasteiger partial charge in [0.2, 0.25) is 0 Å². The number of carboxylic acids is 1. The molecule has 5 heteroatoms. The number of rotatable bonds is 6. The molecular formula is C21H28N2O3. The zero-order valence-corrected chi connectivity index (χ0v) is 16.0. The van der Waals surface area contributed by atoms with E-state index in [-0.39, 0.29) is 11.5 Å². The summed E-state index contributed by atoms with van der Waals surface area (Å²) in [5.74, 6) is -1.03. The summed E-state index contributed by atoms with van der Waals surface area (Å²) >= 11 is 0. The number of carbonyl (C=O) groups is 2. The summed E-state index contributed by atoms with van der Waals surface area (Å²) in [4.78, 5) is 23.3. The largest absolute Gasteiger partial charge is 0.545 e. The van der Waals surface area contributed by atoms with Gasteiger partial charge in [-0.15, -0.1) is 0 Å². The Labute approximate surface area is 155 Å². The molecule has 0 aliphatic rings. The number of aryl methyl sites for hydroxylation is 2. The molecule has 26 heavy (non-hydrogen) atoms. The van der Waals surface area contributed by atoms with Gasteiger partial charge < -0.3 is 20.1 Å². The van der Waals surface area contributed by atoms with Crippen LogP contribution in [0.1, 0.15) is 35.3 Å². The van der Waals surface area contributed by atoms with Crippen LogP contribution in [0, 0.1) is 13.8 Å². The Bertz CT molecular complexity index is 690. The van der Waals surface area contributed by atoms with Gasteiger partial charge in [0.25, 0.3) is 5.91 Å². The smallest absolute Gasteiger partial charge is 0.279 e. The van der Waals surface area contributed by atoms with Crippen molar-refractivity contribution >= 4 is 17.6 Å². The number of hydrogen-bond acceptors (Lipinski definition) is 3. The number of aromatic carboxylic acids is 1. The lowest BCUT2D eigenvalue weighted by Gasteiger charge is -2.16. The third-order valence-electron chi connectivity index (χ3n) is 4.17. The maximum Gasteiger partial charge on any atom is 0.279 e. The fourth-order valence-electron chi connectivity index (χ4n) is 2.50. The molecule has 0 fully saturated rings. The van der Waals surface area contributed by atoms with Crippen LogP contribution in [0.25, 0.3) is 0 Å². The van der Waals surface area contributed by atoms with Crippen LogP contribution in [-0.4, -0.2) is 31.5 Å². The summed E-state index contributed by atoms with van der Waals surface area (Å²) < 4.78 is 0. The first-order valence-corrected chi connectivity index (χ1v) is 8.85. The van der Waals surface area contributed by atoms with Crippen molar-refractivity contribution in [2.24, 2.45) is 0 Å². The van der Waals surface area contributed by atoms with Crippen LogP contribution in [-0.2, 0) is 4.79 Å². The van der Waals surface area contributed by atoms with Crippen LogP contribution in [0.3, 0.4) is 0 Å². The average molecular weight is 356 g/mol. The van der Waals surface area contributed by atoms with Gasteiger partial charge in [0, 0.05) is 5.69 Å². The Morgan fingerprint density at radius 3 is 1.88 bits per heavy atom. The summed E-state index contributed by atoms with van der Waals surface area (Å²) in [6.07, 6.45) is 0. The molecule has 140 valence electrons. The number of likely N-dealkylation sites (N-methyl/N-ethyl adjacent to an activating group) is 1. The van der Waals surface area contributed by atoms with Crippen LogP contribution < -0.4 is 15.3 Å². The highest BCUT2D eigenvalue weighted by atomic mass is 16.4. The van der Waals surface area contributed by atoms with Crippen molar-refractivity contribution in [2.75, 3.05) is 25.0 Å². The minimum absolute atomic E-state index is 0.0982. The molecule has 2 aromatic rings. The lowest BCUT2D eigenvalue weighted by atomic mass is 10.1. The topological polar surface area (TPSA) is 73.7 Å². The molecule has 0 unspecified atom stereocenters. The van der Waals surface area contributed by atoms with E-state index in [4.69, 9.17) is 0 Å². The van der Waals surface area contributed by atoms with Gasteiger partial charge in [-0.1, -0.05) is 48.5 Å². The first-order valence-electron chi connectivity index (χ1n) is 8.85. The fourth-order valence-corrected chi connectivity index (χ4v) is 2.50. The fraction of sp³-hybridized carbons (Fsp3) is 0.333. The molecule has 2 aromatic carbocycles. The molecule has 0 atom stereocenters. The van der Waals surface area contributed by atoms with Crippen molar-refractivity contribution in [3.05, 3.63) is 65.2 Å². The molecule has 5 nitrogen and oxygen atoms in total. The highest BCUT2D eigenvalue weighted by Gasteiger charge is 2.12. The number of carbonyl (C=O) groups excluding carboxylic acids is 2. The number of carboxylic acid groups (broad SMARTS) is 1. The quantitative estimate of drug-likeness (QED) is 0.817. The normalized spacial score (nSPS) is 10.0. The molecule has 0 aliphatic heterocycles. The standard InChI is InChI=1S/C14H22N2O.C7H6O2/c1-5-16(6-2)10-13(17)15-14-11(3)8-7-9-12(14)4;8-7(9)6-4-2-1-3-5-6/h7-9H,5-6,10H2,1-4H3,(H,15,17);1-5H,(H,8,9). The Kier molecular flexibility index (Phi) is 9.09. The lowest BCUT2D eigenvalue weighted by Crippen LogP contribution is -3.12. The van der Waals surface area contributed by atoms with Crippen LogP contribution >= 0.6 is 0 Å². The van der Waals surface area contributed by atoms with Gasteiger partial charge in [0.15, 0.2) is 6.54 Å². The van der Waals surface area contributed by atoms with Crippen LogP contribution in [0.5, 0.6) is 0 Å². The summed E-state index contributed by atoms with van der Waals surface area (Å²) in [7, 11) is 0. The number of benzene rings is 2. The van der Waals surface area contributed by atoms with Crippen molar-refractivity contribution in [3.8, 4) is 0 Å². The van der Waals surface area contributed by atoms with E-state index in [1.807, 2.05) is 32.0 Å². The first kappa shape index (κ1) is 21.4. The second kappa shape index (κ2) is 11.1. The Morgan fingerprint density at radius 2 is 1.46 bits per heavy atom. The van der Waals surface area contributed by atoms with E-state index >= 15 is 0 Å². The summed E-state index contributed by atoms with van der Waals surface area (Å²) in [5, 5.41) is 13.1. The first-order chi connectivity index (χ1) is 12.4. The number of anilines is 1. The third kappa shape index (κ3) is 7.07. The number of nitrogens with one attached hydrogen (secondary N) is 2. The van der Waals surface area contributed by atoms with Gasteiger partial charge in [0.1, 0.15) is 0 Å². The molecular weight excluding hydrogens is 328 g/mol. The molecule has 0 heterocycles. The van der Waals surface area contributed by atoms with Crippen LogP contribution in [0.2, 0.25) is 0 Å². The number of para-hydroxylation sites is 1. The van der Waals surface area contributed by atoms with E-state index in [1.165, 1.54) is 17.0 Å². The monoisotopic (exact) mass is 356 g/mol. The molecule has 0 radical (unpaired) electrons. The second-order valence-electron chi connectivity index (χ2n) is 6.10. The van der Waals surface area contributed by atoms with Gasteiger partial charge in [-0.3, -0.25) is 4.79 Å². The SMILES string of the molecule is CC[NH+](CC)CC(=O)Nc1c(C)cccc1C.O=C([O-])c1ccccc1. The predicted octanol–water partition coefficient (Wildman–Crippen LogP) is 1.22. The van der Waals surface area contributed by atoms with E-state index in [2.05, 4.69) is 19.2 Å². The number of quaternary nitrogens is 1. The van der Waals surface area contributed by atoms with E-state index in [1.54, 1.807) is 18.2 Å². The minimum Gasteiger partial charge on any atom is -0.545 e. The molecule has 0 aromatic heterocycles. The van der Waals surface area contributed by atoms with Crippen molar-refractivity contribution in [3.63, 3.8) is 0 Å². The van der Waals surface area contributed by atoms with Crippen molar-refractivity contribution < 1.29 is 19.6 Å². The summed E-state index contributed by atoms with van der Waals surface area (Å²) in [6.45, 7) is 10.8. The van der Waals surface area contributed by atoms with E-state index in [9.17, 15) is 14.7 Å². The van der Waals surface area contributed by atoms with Gasteiger partial charge in [0.05, 0.1) is 19.1 Å². The van der Waals surface area contributed by atoms with Crippen molar-refractivity contribution in [1.82, 2.24) is 0 Å². The molecule has 0 spiro atoms. The lowest BCUT2D eigenvalue weighted by molar-refractivity contribution is -0.888. The third-order valence-corrected chi connectivity index (χ3v) is 4.17. The summed E-state index contributed by atoms with van der Waals surface area (Å²) in [5.41, 5.74) is 3.42. The molecule has 0 saturated carbocycles. The van der Waals surface area contributed by atoms with Crippen LogP contribution in [0.4, 0.5) is 5.69 Å². The summed E-state index contributed by atoms with van der Waals surface area (Å²) in [6, 6.07) is 14.1. The van der Waals surface area contributed by atoms with E-state index in [0.717, 1.165) is 29.9 Å². The second-order valence-corrected chi connectivity index (χ2v) is 6.10. The maximum absolute atomic E-state index is 11.9. The molecule has 2 rings (SSSR count). The van der Waals surface area contributed by atoms with Gasteiger partial charge >= 0.3 is 0 Å². The van der Waals surface area contributed by atoms with Crippen molar-refractivity contribution in [1.29, 1.82) is 0 Å². The van der Waals surface area contributed by atoms with E-state index in [0.29, 0.717) is 6.54 Å². The Morgan fingerprint density at radius 1 is 0.923 bits per heavy atom. The highest BCUT2D eigenvalue weighted by molar-refractivity contribution is 5.93. The van der Waals surface area contributed by atoms with Crippen molar-refractivity contribution in [2.45, 2.75) is 27.7 Å². The van der Waals surface area contributed by atoms with Gasteiger partial charge in [-0.05, 0) is 44.4 Å². The zero-order valence-electron chi connectivity index (χ0n) is 16.0. The molecule has 0 bridgehead atoms.